The molecule has 2 heterocycles. The number of aromatic nitrogens is 2. The van der Waals surface area contributed by atoms with Crippen LogP contribution in [0.2, 0.25) is 0 Å². The number of aromatic carboxylic acids is 1. The summed E-state index contributed by atoms with van der Waals surface area (Å²) in [6, 6.07) is 3.65. The Labute approximate surface area is 121 Å². The Morgan fingerprint density at radius 3 is 2.70 bits per heavy atom. The molecule has 2 aromatic rings. The summed E-state index contributed by atoms with van der Waals surface area (Å²) in [7, 11) is 0. The third-order valence-electron chi connectivity index (χ3n) is 2.96. The van der Waals surface area contributed by atoms with Crippen LogP contribution >= 0.6 is 11.8 Å². The number of furan rings is 1. The summed E-state index contributed by atoms with van der Waals surface area (Å²) in [6.07, 6.45) is 2.91. The van der Waals surface area contributed by atoms with Gasteiger partial charge in [-0.15, -0.1) is 5.10 Å². The van der Waals surface area contributed by atoms with Crippen LogP contribution in [0, 0.1) is 0 Å². The van der Waals surface area contributed by atoms with E-state index in [1.807, 2.05) is 19.9 Å². The van der Waals surface area contributed by atoms with E-state index >= 15 is 0 Å². The minimum absolute atomic E-state index is 0.274. The van der Waals surface area contributed by atoms with Gasteiger partial charge < -0.3 is 9.52 Å². The highest BCUT2D eigenvalue weighted by molar-refractivity contribution is 7.98. The Kier molecular flexibility index (Phi) is 4.79. The van der Waals surface area contributed by atoms with Crippen molar-refractivity contribution in [1.29, 1.82) is 0 Å². The number of nitrogens with zero attached hydrogens (tertiary/aromatic N) is 2. The summed E-state index contributed by atoms with van der Waals surface area (Å²) >= 11 is 1.33. The number of carboxylic acid groups (broad SMARTS) is 1. The average molecular weight is 292 g/mol. The first-order valence-corrected chi connectivity index (χ1v) is 7.42. The van der Waals surface area contributed by atoms with Crippen molar-refractivity contribution in [3.63, 3.8) is 0 Å². The fraction of sp³-hybridized carbons (Fsp3) is 0.357. The largest absolute Gasteiger partial charge is 0.478 e. The lowest BCUT2D eigenvalue weighted by molar-refractivity contribution is 0.0690. The second-order valence-electron chi connectivity index (χ2n) is 4.19. The van der Waals surface area contributed by atoms with Crippen molar-refractivity contribution in [2.75, 3.05) is 0 Å². The zero-order valence-corrected chi connectivity index (χ0v) is 12.2. The molecule has 0 fully saturated rings. The number of aryl methyl sites for hydroxylation is 1. The fourth-order valence-electron chi connectivity index (χ4n) is 2.01. The minimum Gasteiger partial charge on any atom is -0.478 e. The van der Waals surface area contributed by atoms with Gasteiger partial charge in [-0.3, -0.25) is 0 Å². The molecule has 0 saturated heterocycles. The van der Waals surface area contributed by atoms with E-state index in [-0.39, 0.29) is 5.56 Å². The van der Waals surface area contributed by atoms with Gasteiger partial charge in [0, 0.05) is 0 Å². The summed E-state index contributed by atoms with van der Waals surface area (Å²) < 4.78 is 5.24. The minimum atomic E-state index is -0.951. The van der Waals surface area contributed by atoms with Gasteiger partial charge in [-0.1, -0.05) is 25.6 Å². The van der Waals surface area contributed by atoms with E-state index in [0.717, 1.165) is 17.0 Å². The van der Waals surface area contributed by atoms with Gasteiger partial charge in [-0.05, 0) is 30.5 Å². The summed E-state index contributed by atoms with van der Waals surface area (Å²) in [4.78, 5) is 11.5. The van der Waals surface area contributed by atoms with Crippen molar-refractivity contribution in [3.05, 3.63) is 41.0 Å². The molecule has 2 rings (SSSR count). The molecular weight excluding hydrogens is 276 g/mol. The Morgan fingerprint density at radius 2 is 2.15 bits per heavy atom. The van der Waals surface area contributed by atoms with Gasteiger partial charge in [-0.25, -0.2) is 4.79 Å². The zero-order valence-electron chi connectivity index (χ0n) is 11.4. The van der Waals surface area contributed by atoms with Crippen LogP contribution in [0.1, 0.15) is 41.2 Å². The first kappa shape index (κ1) is 14.6. The summed E-state index contributed by atoms with van der Waals surface area (Å²) in [5, 5.41) is 18.1. The SMILES string of the molecule is CCc1nnc(SCc2ccco2)c(C(=O)O)c1CC. The molecule has 0 aliphatic rings. The van der Waals surface area contributed by atoms with Gasteiger partial charge in [0.2, 0.25) is 0 Å². The lowest BCUT2D eigenvalue weighted by Gasteiger charge is -2.11. The number of carboxylic acids is 1. The maximum absolute atomic E-state index is 11.5. The van der Waals surface area contributed by atoms with Gasteiger partial charge in [0.25, 0.3) is 0 Å². The molecule has 0 saturated carbocycles. The maximum Gasteiger partial charge on any atom is 0.338 e. The number of thioether (sulfide) groups is 1. The molecule has 1 N–H and O–H groups in total. The normalized spacial score (nSPS) is 10.7. The molecule has 0 aliphatic carbocycles. The Bertz CT molecular complexity index is 597. The van der Waals surface area contributed by atoms with Crippen molar-refractivity contribution >= 4 is 17.7 Å². The van der Waals surface area contributed by atoms with Gasteiger partial charge >= 0.3 is 5.97 Å². The molecule has 106 valence electrons. The quantitative estimate of drug-likeness (QED) is 0.824. The van der Waals surface area contributed by atoms with Crippen molar-refractivity contribution in [1.82, 2.24) is 10.2 Å². The monoisotopic (exact) mass is 292 g/mol. The first-order valence-electron chi connectivity index (χ1n) is 6.44. The van der Waals surface area contributed by atoms with Crippen LogP contribution in [0.4, 0.5) is 0 Å². The smallest absolute Gasteiger partial charge is 0.338 e. The third-order valence-corrected chi connectivity index (χ3v) is 3.95. The molecule has 0 aliphatic heterocycles. The second kappa shape index (κ2) is 6.56. The molecule has 5 nitrogen and oxygen atoms in total. The molecule has 0 aromatic carbocycles. The summed E-state index contributed by atoms with van der Waals surface area (Å²) in [5.41, 5.74) is 1.81. The highest BCUT2D eigenvalue weighted by Gasteiger charge is 2.20. The highest BCUT2D eigenvalue weighted by Crippen LogP contribution is 2.28. The molecule has 0 spiro atoms. The van der Waals surface area contributed by atoms with Crippen LogP contribution in [0.25, 0.3) is 0 Å². The fourth-order valence-corrected chi connectivity index (χ4v) is 2.91. The van der Waals surface area contributed by atoms with Crippen LogP contribution in [0.3, 0.4) is 0 Å². The lowest BCUT2D eigenvalue weighted by Crippen LogP contribution is -2.11. The van der Waals surface area contributed by atoms with Crippen molar-refractivity contribution in [3.8, 4) is 0 Å². The van der Waals surface area contributed by atoms with Crippen LogP contribution in [0.5, 0.6) is 0 Å². The van der Waals surface area contributed by atoms with Crippen molar-refractivity contribution in [2.45, 2.75) is 37.5 Å². The molecule has 0 unspecified atom stereocenters. The molecular formula is C14H16N2O3S. The Morgan fingerprint density at radius 1 is 1.35 bits per heavy atom. The van der Waals surface area contributed by atoms with Crippen LogP contribution in [-0.4, -0.2) is 21.3 Å². The molecule has 2 aromatic heterocycles. The van der Waals surface area contributed by atoms with Gasteiger partial charge in [0.15, 0.2) is 0 Å². The highest BCUT2D eigenvalue weighted by atomic mass is 32.2. The average Bonchev–Trinajstić information content (AvgIpc) is 2.96. The number of carbonyl (C=O) groups is 1. The van der Waals surface area contributed by atoms with Gasteiger partial charge in [-0.2, -0.15) is 5.10 Å². The van der Waals surface area contributed by atoms with Crippen molar-refractivity contribution < 1.29 is 14.3 Å². The van der Waals surface area contributed by atoms with Crippen molar-refractivity contribution in [2.24, 2.45) is 0 Å². The standard InChI is InChI=1S/C14H16N2O3S/c1-3-10-11(4-2)15-16-13(12(10)14(17)18)20-8-9-6-5-7-19-9/h5-7H,3-4,8H2,1-2H3,(H,17,18). The maximum atomic E-state index is 11.5. The van der Waals surface area contributed by atoms with Crippen LogP contribution < -0.4 is 0 Å². The predicted octanol–water partition coefficient (Wildman–Crippen LogP) is 3.18. The number of rotatable bonds is 6. The third kappa shape index (κ3) is 3.01. The molecule has 0 amide bonds. The van der Waals surface area contributed by atoms with E-state index in [0.29, 0.717) is 23.6 Å². The molecule has 0 atom stereocenters. The summed E-state index contributed by atoms with van der Waals surface area (Å²) in [6.45, 7) is 3.88. The zero-order chi connectivity index (χ0) is 14.5. The Hall–Kier alpha value is -1.82. The number of hydrogen-bond donors (Lipinski definition) is 1. The topological polar surface area (TPSA) is 76.2 Å². The van der Waals surface area contributed by atoms with Crippen LogP contribution in [0.15, 0.2) is 27.8 Å². The van der Waals surface area contributed by atoms with Gasteiger partial charge in [0.05, 0.1) is 23.3 Å². The van der Waals surface area contributed by atoms with E-state index in [1.54, 1.807) is 12.3 Å². The molecule has 6 heteroatoms. The predicted molar refractivity (Wildman–Crippen MR) is 76.0 cm³/mol. The van der Waals surface area contributed by atoms with E-state index in [4.69, 9.17) is 4.42 Å². The summed E-state index contributed by atoms with van der Waals surface area (Å²) in [5.74, 6) is 0.371. The van der Waals surface area contributed by atoms with Gasteiger partial charge in [0.1, 0.15) is 10.8 Å². The first-order chi connectivity index (χ1) is 9.67. The molecule has 0 radical (unpaired) electrons. The number of hydrogen-bond acceptors (Lipinski definition) is 5. The Balaban J connectivity index is 2.34. The molecule has 0 bridgehead atoms. The van der Waals surface area contributed by atoms with Crippen LogP contribution in [-0.2, 0) is 18.6 Å². The lowest BCUT2D eigenvalue weighted by atomic mass is 10.0. The molecule has 20 heavy (non-hydrogen) atoms. The van der Waals surface area contributed by atoms with E-state index in [2.05, 4.69) is 10.2 Å². The second-order valence-corrected chi connectivity index (χ2v) is 5.15. The van der Waals surface area contributed by atoms with E-state index in [1.165, 1.54) is 11.8 Å². The van der Waals surface area contributed by atoms with E-state index < -0.39 is 5.97 Å². The van der Waals surface area contributed by atoms with E-state index in [9.17, 15) is 9.90 Å².